The van der Waals surface area contributed by atoms with Crippen LogP contribution in [0.4, 0.5) is 5.95 Å². The van der Waals surface area contributed by atoms with E-state index < -0.39 is 0 Å². The van der Waals surface area contributed by atoms with Crippen molar-refractivity contribution < 1.29 is 4.74 Å². The fourth-order valence-corrected chi connectivity index (χ4v) is 4.28. The van der Waals surface area contributed by atoms with Gasteiger partial charge in [0, 0.05) is 18.5 Å². The summed E-state index contributed by atoms with van der Waals surface area (Å²) in [4.78, 5) is 15.4. The number of imidazole rings is 1. The minimum atomic E-state index is 0.0120. The van der Waals surface area contributed by atoms with E-state index in [0.717, 1.165) is 36.2 Å². The van der Waals surface area contributed by atoms with Crippen molar-refractivity contribution in [2.75, 3.05) is 38.5 Å². The van der Waals surface area contributed by atoms with Crippen LogP contribution in [0.15, 0.2) is 46.8 Å². The zero-order valence-electron chi connectivity index (χ0n) is 14.5. The number of anilines is 1. The summed E-state index contributed by atoms with van der Waals surface area (Å²) < 4.78 is 7.50. The Bertz CT molecular complexity index is 950. The van der Waals surface area contributed by atoms with Crippen LogP contribution in [-0.4, -0.2) is 54.0 Å². The number of aromatic nitrogens is 2. The molecule has 0 aliphatic carbocycles. The van der Waals surface area contributed by atoms with Gasteiger partial charge >= 0.3 is 0 Å². The van der Waals surface area contributed by atoms with Gasteiger partial charge in [0.2, 0.25) is 11.9 Å². The first kappa shape index (κ1) is 15.8. The first-order valence-electron chi connectivity index (χ1n) is 8.65. The van der Waals surface area contributed by atoms with Gasteiger partial charge in [0.25, 0.3) is 0 Å². The average Bonchev–Trinajstić information content (AvgIpc) is 3.34. The van der Waals surface area contributed by atoms with Gasteiger partial charge in [-0.2, -0.15) is 0 Å². The lowest BCUT2D eigenvalue weighted by atomic mass is 10.3. The Hall–Kier alpha value is -2.42. The van der Waals surface area contributed by atoms with Crippen molar-refractivity contribution in [2.45, 2.75) is 6.17 Å². The zero-order valence-corrected chi connectivity index (χ0v) is 15.3. The topological polar surface area (TPSA) is 57.9 Å². The van der Waals surface area contributed by atoms with Gasteiger partial charge in [-0.15, -0.1) is 11.3 Å². The molecule has 4 heterocycles. The molecule has 134 valence electrons. The number of guanidine groups is 1. The monoisotopic (exact) mass is 368 g/mol. The molecule has 7 nitrogen and oxygen atoms in total. The number of fused-ring (bicyclic) bond motifs is 5. The second kappa shape index (κ2) is 6.39. The molecule has 1 aromatic carbocycles. The van der Waals surface area contributed by atoms with Crippen LogP contribution in [0, 0.1) is 0 Å². The molecule has 2 aliphatic rings. The lowest BCUT2D eigenvalue weighted by molar-refractivity contribution is 0.147. The van der Waals surface area contributed by atoms with Gasteiger partial charge in [-0.25, -0.2) is 9.98 Å². The lowest BCUT2D eigenvalue weighted by Crippen LogP contribution is -2.57. The van der Waals surface area contributed by atoms with Crippen molar-refractivity contribution in [1.29, 1.82) is 0 Å². The molecule has 1 unspecified atom stereocenters. The van der Waals surface area contributed by atoms with E-state index in [-0.39, 0.29) is 6.17 Å². The number of nitrogens with zero attached hydrogens (tertiary/aromatic N) is 5. The van der Waals surface area contributed by atoms with Gasteiger partial charge in [-0.1, -0.05) is 18.2 Å². The standard InChI is InChI=1S/C18H20N6OS/c1-25-9-8-22-11-19-17-21-16(15-7-4-10-26-15)24-14-6-3-2-5-13(14)20-18(24)23(17)12-22/h2-7,10,16H,8-9,11-12H2,1H3,(H,19,21). The van der Waals surface area contributed by atoms with Crippen molar-refractivity contribution in [3.8, 4) is 0 Å². The molecule has 0 fully saturated rings. The van der Waals surface area contributed by atoms with Crippen molar-refractivity contribution in [1.82, 2.24) is 19.8 Å². The quantitative estimate of drug-likeness (QED) is 0.766. The molecule has 0 saturated heterocycles. The molecule has 5 rings (SSSR count). The number of para-hydroxylation sites is 2. The Morgan fingerprint density at radius 1 is 1.27 bits per heavy atom. The number of hydrogen-bond donors (Lipinski definition) is 1. The Balaban J connectivity index is 1.62. The normalized spacial score (nSPS) is 19.8. The molecule has 1 atom stereocenters. The highest BCUT2D eigenvalue weighted by Gasteiger charge is 2.35. The minimum Gasteiger partial charge on any atom is -0.383 e. The number of benzene rings is 1. The molecule has 2 aromatic heterocycles. The molecule has 0 amide bonds. The van der Waals surface area contributed by atoms with E-state index in [9.17, 15) is 0 Å². The molecule has 8 heteroatoms. The third-order valence-electron chi connectivity index (χ3n) is 4.78. The van der Waals surface area contributed by atoms with Crippen molar-refractivity contribution in [3.63, 3.8) is 0 Å². The number of ether oxygens (including phenoxy) is 1. The maximum Gasteiger partial charge on any atom is 0.216 e. The number of methoxy groups -OCH3 is 1. The van der Waals surface area contributed by atoms with Crippen molar-refractivity contribution in [3.05, 3.63) is 46.7 Å². The smallest absolute Gasteiger partial charge is 0.216 e. The molecule has 0 saturated carbocycles. The van der Waals surface area contributed by atoms with Crippen molar-refractivity contribution >= 4 is 34.3 Å². The summed E-state index contributed by atoms with van der Waals surface area (Å²) >= 11 is 1.74. The Morgan fingerprint density at radius 3 is 3.04 bits per heavy atom. The number of thiophene rings is 1. The largest absolute Gasteiger partial charge is 0.383 e. The maximum atomic E-state index is 5.22. The van der Waals surface area contributed by atoms with Crippen LogP contribution in [0.5, 0.6) is 0 Å². The van der Waals surface area contributed by atoms with Gasteiger partial charge in [0.15, 0.2) is 0 Å². The van der Waals surface area contributed by atoms with E-state index >= 15 is 0 Å². The first-order chi connectivity index (χ1) is 12.8. The first-order valence-corrected chi connectivity index (χ1v) is 9.53. The van der Waals surface area contributed by atoms with Crippen molar-refractivity contribution in [2.24, 2.45) is 4.99 Å². The molecule has 3 aromatic rings. The summed E-state index contributed by atoms with van der Waals surface area (Å²) in [5.74, 6) is 1.82. The van der Waals surface area contributed by atoms with E-state index in [1.165, 1.54) is 4.88 Å². The van der Waals surface area contributed by atoms with Crippen LogP contribution >= 0.6 is 11.3 Å². The molecular weight excluding hydrogens is 348 g/mol. The van der Waals surface area contributed by atoms with Gasteiger partial charge in [0.05, 0.1) is 31.0 Å². The predicted molar refractivity (Wildman–Crippen MR) is 104 cm³/mol. The van der Waals surface area contributed by atoms with E-state index in [4.69, 9.17) is 14.7 Å². The second-order valence-corrected chi connectivity index (χ2v) is 7.39. The SMILES string of the molecule is COCCN1CN=C2NC(c3cccs3)n3c(nc4ccccc43)N2C1. The highest BCUT2D eigenvalue weighted by molar-refractivity contribution is 7.10. The van der Waals surface area contributed by atoms with Crippen LogP contribution in [-0.2, 0) is 4.74 Å². The average molecular weight is 368 g/mol. The van der Waals surface area contributed by atoms with Gasteiger partial charge in [-0.3, -0.25) is 14.4 Å². The Labute approximate surface area is 155 Å². The molecule has 0 bridgehead atoms. The maximum absolute atomic E-state index is 5.22. The van der Waals surface area contributed by atoms with Gasteiger partial charge < -0.3 is 10.1 Å². The number of aliphatic imine (C=N–C) groups is 1. The number of rotatable bonds is 4. The van der Waals surface area contributed by atoms with E-state index in [1.54, 1.807) is 18.4 Å². The summed E-state index contributed by atoms with van der Waals surface area (Å²) in [6.45, 7) is 2.95. The summed E-state index contributed by atoms with van der Waals surface area (Å²) in [6.07, 6.45) is 0.0120. The van der Waals surface area contributed by atoms with Crippen LogP contribution in [0.3, 0.4) is 0 Å². The fourth-order valence-electron chi connectivity index (χ4n) is 3.52. The van der Waals surface area contributed by atoms with Crippen LogP contribution in [0.2, 0.25) is 0 Å². The van der Waals surface area contributed by atoms with E-state index in [1.807, 2.05) is 6.07 Å². The minimum absolute atomic E-state index is 0.0120. The second-order valence-electron chi connectivity index (χ2n) is 6.41. The predicted octanol–water partition coefficient (Wildman–Crippen LogP) is 2.29. The Morgan fingerprint density at radius 2 is 2.19 bits per heavy atom. The third-order valence-corrected chi connectivity index (χ3v) is 5.71. The van der Waals surface area contributed by atoms with E-state index in [0.29, 0.717) is 13.3 Å². The highest BCUT2D eigenvalue weighted by atomic mass is 32.1. The third kappa shape index (κ3) is 2.49. The zero-order chi connectivity index (χ0) is 17.5. The van der Waals surface area contributed by atoms with Crippen LogP contribution < -0.4 is 10.2 Å². The lowest BCUT2D eigenvalue weighted by Gasteiger charge is -2.41. The fraction of sp³-hybridized carbons (Fsp3) is 0.333. The molecule has 0 spiro atoms. The number of hydrogen-bond acceptors (Lipinski definition) is 7. The van der Waals surface area contributed by atoms with Gasteiger partial charge in [-0.05, 0) is 23.6 Å². The molecule has 2 aliphatic heterocycles. The van der Waals surface area contributed by atoms with Gasteiger partial charge in [0.1, 0.15) is 6.17 Å². The molecular formula is C18H20N6OS. The summed E-state index contributed by atoms with van der Waals surface area (Å²) in [7, 11) is 1.73. The molecule has 26 heavy (non-hydrogen) atoms. The summed E-state index contributed by atoms with van der Waals surface area (Å²) in [5.41, 5.74) is 2.13. The Kier molecular flexibility index (Phi) is 3.88. The van der Waals surface area contributed by atoms with Crippen LogP contribution in [0.1, 0.15) is 11.0 Å². The molecule has 1 N–H and O–H groups in total. The molecule has 0 radical (unpaired) electrons. The van der Waals surface area contributed by atoms with Crippen LogP contribution in [0.25, 0.3) is 11.0 Å². The number of nitrogens with one attached hydrogen (secondary N) is 1. The highest BCUT2D eigenvalue weighted by Crippen LogP contribution is 2.35. The summed E-state index contributed by atoms with van der Waals surface area (Å²) in [6, 6.07) is 12.5. The van der Waals surface area contributed by atoms with E-state index in [2.05, 4.69) is 55.4 Å². The summed E-state index contributed by atoms with van der Waals surface area (Å²) in [5, 5.41) is 5.73.